The van der Waals surface area contributed by atoms with Gasteiger partial charge in [0.1, 0.15) is 17.0 Å². The number of nitrogens with one attached hydrogen (secondary N) is 1. The molecule has 2 amide bonds. The van der Waals surface area contributed by atoms with Crippen molar-refractivity contribution < 1.29 is 14.3 Å². The lowest BCUT2D eigenvalue weighted by Crippen LogP contribution is -2.45. The van der Waals surface area contributed by atoms with E-state index in [2.05, 4.69) is 20.6 Å². The molecule has 2 aliphatic rings. The Labute approximate surface area is 183 Å². The van der Waals surface area contributed by atoms with E-state index in [1.807, 2.05) is 29.8 Å². The third kappa shape index (κ3) is 3.84. The van der Waals surface area contributed by atoms with Crippen molar-refractivity contribution in [2.24, 2.45) is 0 Å². The monoisotopic (exact) mass is 438 g/mol. The molecular weight excluding hydrogens is 416 g/mol. The van der Waals surface area contributed by atoms with Crippen LogP contribution in [0.15, 0.2) is 35.2 Å². The molecule has 2 aliphatic heterocycles. The zero-order chi connectivity index (χ0) is 21.4. The summed E-state index contributed by atoms with van der Waals surface area (Å²) in [5.74, 6) is -0.212. The molecule has 0 saturated carbocycles. The first-order chi connectivity index (χ1) is 15.0. The highest BCUT2D eigenvalue weighted by Crippen LogP contribution is 2.33. The van der Waals surface area contributed by atoms with Gasteiger partial charge in [-0.1, -0.05) is 22.9 Å². The van der Waals surface area contributed by atoms with Crippen LogP contribution >= 0.6 is 11.3 Å². The number of carbonyl (C=O) groups is 2. The summed E-state index contributed by atoms with van der Waals surface area (Å²) in [6, 6.07) is 7.45. The van der Waals surface area contributed by atoms with Crippen LogP contribution in [0.4, 0.5) is 0 Å². The number of ether oxygens (including phenoxy) is 1. The fourth-order valence-corrected chi connectivity index (χ4v) is 4.65. The number of carbonyl (C=O) groups excluding carboxylic acids is 2. The van der Waals surface area contributed by atoms with Crippen molar-refractivity contribution in [3.63, 3.8) is 0 Å². The third-order valence-electron chi connectivity index (χ3n) is 5.82. The molecule has 160 valence electrons. The summed E-state index contributed by atoms with van der Waals surface area (Å²) in [5.41, 5.74) is 4.89. The minimum atomic E-state index is -0.464. The van der Waals surface area contributed by atoms with Gasteiger partial charge in [-0.2, -0.15) is 0 Å². The van der Waals surface area contributed by atoms with Crippen LogP contribution in [0.25, 0.3) is 0 Å². The van der Waals surface area contributed by atoms with Crippen molar-refractivity contribution in [3.8, 4) is 0 Å². The maximum absolute atomic E-state index is 12.6. The Balaban J connectivity index is 1.23. The minimum Gasteiger partial charge on any atom is -0.365 e. The SMILES string of the molecule is Cc1cccc(C(=O)NCc2nnn3c2COC2(CCN(C(=O)c4cscn4)C2)C3)c1. The summed E-state index contributed by atoms with van der Waals surface area (Å²) in [6.07, 6.45) is 0.738. The second-order valence-electron chi connectivity index (χ2n) is 8.01. The lowest BCUT2D eigenvalue weighted by Gasteiger charge is -2.33. The number of amides is 2. The first-order valence-electron chi connectivity index (χ1n) is 10.1. The van der Waals surface area contributed by atoms with E-state index in [0.717, 1.165) is 17.7 Å². The van der Waals surface area contributed by atoms with Crippen LogP contribution in [0.1, 0.15) is 44.2 Å². The van der Waals surface area contributed by atoms with Crippen LogP contribution in [0, 0.1) is 6.92 Å². The molecule has 10 heteroatoms. The van der Waals surface area contributed by atoms with E-state index in [1.165, 1.54) is 11.3 Å². The van der Waals surface area contributed by atoms with Gasteiger partial charge in [-0.25, -0.2) is 9.67 Å². The highest BCUT2D eigenvalue weighted by molar-refractivity contribution is 7.07. The largest absolute Gasteiger partial charge is 0.365 e. The van der Waals surface area contributed by atoms with Gasteiger partial charge in [0.05, 0.1) is 37.4 Å². The van der Waals surface area contributed by atoms with Gasteiger partial charge < -0.3 is 15.0 Å². The van der Waals surface area contributed by atoms with Gasteiger partial charge in [-0.05, 0) is 25.5 Å². The minimum absolute atomic E-state index is 0.0642. The first-order valence-corrected chi connectivity index (χ1v) is 11.0. The van der Waals surface area contributed by atoms with Crippen molar-refractivity contribution in [1.29, 1.82) is 0 Å². The molecule has 2 aromatic heterocycles. The quantitative estimate of drug-likeness (QED) is 0.666. The second kappa shape index (κ2) is 7.86. The van der Waals surface area contributed by atoms with Gasteiger partial charge in [0, 0.05) is 17.5 Å². The third-order valence-corrected chi connectivity index (χ3v) is 6.41. The average molecular weight is 439 g/mol. The lowest BCUT2D eigenvalue weighted by molar-refractivity contribution is -0.0828. The Morgan fingerprint density at radius 2 is 2.23 bits per heavy atom. The van der Waals surface area contributed by atoms with Gasteiger partial charge in [0.15, 0.2) is 0 Å². The standard InChI is InChI=1S/C21H22N6O3S/c1-14-3-2-4-15(7-14)19(28)22-8-16-18-9-30-21(12-27(18)25-24-16)5-6-26(11-21)20(29)17-10-31-13-23-17/h2-4,7,10,13H,5-6,8-9,11-12H2,1H3,(H,22,28). The van der Waals surface area contributed by atoms with Gasteiger partial charge in [-0.15, -0.1) is 16.4 Å². The van der Waals surface area contributed by atoms with E-state index in [9.17, 15) is 9.59 Å². The summed E-state index contributed by atoms with van der Waals surface area (Å²) in [4.78, 5) is 30.9. The molecule has 1 atom stereocenters. The maximum atomic E-state index is 12.6. The average Bonchev–Trinajstić information content (AvgIpc) is 3.52. The van der Waals surface area contributed by atoms with Crippen LogP contribution in [0.3, 0.4) is 0 Å². The predicted octanol–water partition coefficient (Wildman–Crippen LogP) is 1.79. The zero-order valence-corrected chi connectivity index (χ0v) is 17.9. The molecule has 1 aromatic carbocycles. The number of hydrogen-bond donors (Lipinski definition) is 1. The van der Waals surface area contributed by atoms with Crippen molar-refractivity contribution in [2.45, 2.75) is 38.6 Å². The van der Waals surface area contributed by atoms with Crippen LogP contribution in [-0.2, 0) is 24.4 Å². The Morgan fingerprint density at radius 3 is 3.03 bits per heavy atom. The highest BCUT2D eigenvalue weighted by Gasteiger charge is 2.45. The molecule has 31 heavy (non-hydrogen) atoms. The molecule has 3 aromatic rings. The van der Waals surface area contributed by atoms with Gasteiger partial charge >= 0.3 is 0 Å². The van der Waals surface area contributed by atoms with E-state index in [1.54, 1.807) is 21.9 Å². The van der Waals surface area contributed by atoms with Crippen LogP contribution in [0.2, 0.25) is 0 Å². The number of likely N-dealkylation sites (tertiary alicyclic amines) is 1. The number of nitrogens with zero attached hydrogens (tertiary/aromatic N) is 5. The van der Waals surface area contributed by atoms with E-state index in [0.29, 0.717) is 43.2 Å². The number of benzene rings is 1. The molecule has 1 unspecified atom stereocenters. The second-order valence-corrected chi connectivity index (χ2v) is 8.73. The summed E-state index contributed by atoms with van der Waals surface area (Å²) in [6.45, 7) is 4.24. The first kappa shape index (κ1) is 19.8. The summed E-state index contributed by atoms with van der Waals surface area (Å²) in [5, 5.41) is 13.2. The van der Waals surface area contributed by atoms with Crippen LogP contribution in [-0.4, -0.2) is 55.4 Å². The number of hydrogen-bond acceptors (Lipinski definition) is 7. The summed E-state index contributed by atoms with van der Waals surface area (Å²) < 4.78 is 8.07. The van der Waals surface area contributed by atoms with Crippen molar-refractivity contribution >= 4 is 23.2 Å². The fraction of sp³-hybridized carbons (Fsp3) is 0.381. The Hall–Kier alpha value is -3.11. The molecule has 1 spiro atoms. The molecular formula is C21H22N6O3S. The number of rotatable bonds is 4. The van der Waals surface area contributed by atoms with Crippen molar-refractivity contribution in [2.75, 3.05) is 13.1 Å². The normalized spacial score (nSPS) is 20.1. The molecule has 5 rings (SSSR count). The number of aryl methyl sites for hydroxylation is 1. The van der Waals surface area contributed by atoms with Gasteiger partial charge in [-0.3, -0.25) is 9.59 Å². The molecule has 0 bridgehead atoms. The summed E-state index contributed by atoms with van der Waals surface area (Å²) in [7, 11) is 0. The molecule has 9 nitrogen and oxygen atoms in total. The lowest BCUT2D eigenvalue weighted by atomic mass is 10.0. The van der Waals surface area contributed by atoms with E-state index >= 15 is 0 Å². The fourth-order valence-electron chi connectivity index (χ4n) is 4.13. The highest BCUT2D eigenvalue weighted by atomic mass is 32.1. The molecule has 1 N–H and O–H groups in total. The van der Waals surface area contributed by atoms with E-state index in [-0.39, 0.29) is 18.4 Å². The van der Waals surface area contributed by atoms with Crippen molar-refractivity contribution in [3.05, 3.63) is 63.4 Å². The number of fused-ring (bicyclic) bond motifs is 1. The molecule has 4 heterocycles. The van der Waals surface area contributed by atoms with E-state index < -0.39 is 5.60 Å². The van der Waals surface area contributed by atoms with Crippen molar-refractivity contribution in [1.82, 2.24) is 30.2 Å². The van der Waals surface area contributed by atoms with E-state index in [4.69, 9.17) is 4.74 Å². The molecule has 0 aliphatic carbocycles. The zero-order valence-electron chi connectivity index (χ0n) is 17.1. The smallest absolute Gasteiger partial charge is 0.273 e. The maximum Gasteiger partial charge on any atom is 0.273 e. The molecule has 1 saturated heterocycles. The number of thiazole rings is 1. The summed E-state index contributed by atoms with van der Waals surface area (Å²) >= 11 is 1.41. The van der Waals surface area contributed by atoms with Crippen LogP contribution in [0.5, 0.6) is 0 Å². The van der Waals surface area contributed by atoms with Gasteiger partial charge in [0.25, 0.3) is 11.8 Å². The topological polar surface area (TPSA) is 102 Å². The number of aromatic nitrogens is 4. The molecule has 0 radical (unpaired) electrons. The Morgan fingerprint density at radius 1 is 1.32 bits per heavy atom. The van der Waals surface area contributed by atoms with Crippen LogP contribution < -0.4 is 5.32 Å². The molecule has 1 fully saturated rings. The Kier molecular flexibility index (Phi) is 5.03. The Bertz CT molecular complexity index is 1130. The van der Waals surface area contributed by atoms with Gasteiger partial charge in [0.2, 0.25) is 0 Å². The predicted molar refractivity (Wildman–Crippen MR) is 113 cm³/mol.